The minimum absolute atomic E-state index is 0.155. The van der Waals surface area contributed by atoms with Crippen molar-refractivity contribution >= 4 is 6.09 Å². The van der Waals surface area contributed by atoms with Gasteiger partial charge in [0, 0.05) is 57.4 Å². The summed E-state index contributed by atoms with van der Waals surface area (Å²) in [7, 11) is 0. The Morgan fingerprint density at radius 3 is 1.81 bits per heavy atom. The van der Waals surface area contributed by atoms with Crippen LogP contribution in [0, 0.1) is 5.92 Å². The van der Waals surface area contributed by atoms with Gasteiger partial charge >= 0.3 is 6.09 Å². The summed E-state index contributed by atoms with van der Waals surface area (Å²) in [6.07, 6.45) is 1.64. The van der Waals surface area contributed by atoms with E-state index in [1.807, 2.05) is 32.9 Å². The average Bonchev–Trinajstić information content (AvgIpc) is 2.78. The SMILES string of the molecule is C[C@H]1C[C@@H](NC(=O)OC(C)(C)C)CN(Cc2ccccc2)C1.N[C@@H]1C[C@H](N)CN(Cc2ccccc2)C1. The van der Waals surface area contributed by atoms with Gasteiger partial charge in [-0.25, -0.2) is 4.79 Å². The van der Waals surface area contributed by atoms with Crippen LogP contribution in [0.25, 0.3) is 0 Å². The molecule has 7 heteroatoms. The van der Waals surface area contributed by atoms with Crippen LogP contribution in [-0.2, 0) is 17.8 Å². The predicted octanol–water partition coefficient (Wildman–Crippen LogP) is 3.97. The fraction of sp³-hybridized carbons (Fsp3) is 0.567. The van der Waals surface area contributed by atoms with Gasteiger partial charge in [-0.1, -0.05) is 67.6 Å². The first-order chi connectivity index (χ1) is 17.6. The molecule has 4 atom stereocenters. The van der Waals surface area contributed by atoms with Crippen LogP contribution >= 0.6 is 0 Å². The second-order valence-corrected chi connectivity index (χ2v) is 11.8. The molecular formula is C30H47N5O2. The van der Waals surface area contributed by atoms with Crippen molar-refractivity contribution in [2.24, 2.45) is 17.4 Å². The number of amides is 1. The van der Waals surface area contributed by atoms with Gasteiger partial charge in [-0.15, -0.1) is 0 Å². The second kappa shape index (κ2) is 13.9. The molecule has 0 saturated carbocycles. The molecule has 5 N–H and O–H groups in total. The number of hydrogen-bond acceptors (Lipinski definition) is 6. The van der Waals surface area contributed by atoms with E-state index < -0.39 is 5.60 Å². The molecule has 0 unspecified atom stereocenters. The Morgan fingerprint density at radius 2 is 1.32 bits per heavy atom. The summed E-state index contributed by atoms with van der Waals surface area (Å²) in [5, 5.41) is 3.02. The fourth-order valence-electron chi connectivity index (χ4n) is 5.26. The van der Waals surface area contributed by atoms with Crippen LogP contribution in [0.5, 0.6) is 0 Å². The highest BCUT2D eigenvalue weighted by molar-refractivity contribution is 5.68. The van der Waals surface area contributed by atoms with Gasteiger partial charge < -0.3 is 21.5 Å². The summed E-state index contributed by atoms with van der Waals surface area (Å²) in [5.74, 6) is 0.567. The standard InChI is InChI=1S/C18H28N2O2.C12H19N3/c1-14-10-16(19-17(21)22-18(2,3)4)13-20(11-14)12-15-8-6-5-7-9-15;13-11-6-12(14)9-15(8-11)7-10-4-2-1-3-5-10/h5-9,14,16H,10-13H2,1-4H3,(H,19,21);1-5,11-12H,6-9,13-14H2/t14-,16+;11-,12+/m0./s1. The molecule has 4 rings (SSSR count). The smallest absolute Gasteiger partial charge is 0.407 e. The Bertz CT molecular complexity index is 924. The van der Waals surface area contributed by atoms with Crippen LogP contribution in [0.1, 0.15) is 51.7 Å². The van der Waals surface area contributed by atoms with Gasteiger partial charge in [0.25, 0.3) is 0 Å². The maximum Gasteiger partial charge on any atom is 0.407 e. The first-order valence-corrected chi connectivity index (χ1v) is 13.6. The molecule has 0 aromatic heterocycles. The number of nitrogens with one attached hydrogen (secondary N) is 1. The second-order valence-electron chi connectivity index (χ2n) is 11.8. The van der Waals surface area contributed by atoms with Crippen LogP contribution in [-0.4, -0.2) is 65.8 Å². The monoisotopic (exact) mass is 509 g/mol. The van der Waals surface area contributed by atoms with E-state index in [-0.39, 0.29) is 24.2 Å². The normalized spacial score (nSPS) is 25.0. The highest BCUT2D eigenvalue weighted by Gasteiger charge is 2.27. The number of ether oxygens (including phenoxy) is 1. The van der Waals surface area contributed by atoms with E-state index in [9.17, 15) is 4.79 Å². The summed E-state index contributed by atoms with van der Waals surface area (Å²) >= 11 is 0. The number of rotatable bonds is 5. The summed E-state index contributed by atoms with van der Waals surface area (Å²) in [6.45, 7) is 13.7. The number of likely N-dealkylation sites (tertiary alicyclic amines) is 2. The van der Waals surface area contributed by atoms with E-state index in [2.05, 4.69) is 70.6 Å². The third kappa shape index (κ3) is 11.2. The molecule has 2 heterocycles. The minimum Gasteiger partial charge on any atom is -0.444 e. The van der Waals surface area contributed by atoms with Crippen molar-refractivity contribution in [3.63, 3.8) is 0 Å². The predicted molar refractivity (Wildman–Crippen MR) is 151 cm³/mol. The molecule has 2 aromatic carbocycles. The molecule has 0 radical (unpaired) electrons. The first-order valence-electron chi connectivity index (χ1n) is 13.6. The van der Waals surface area contributed by atoms with Crippen molar-refractivity contribution in [3.05, 3.63) is 71.8 Å². The fourth-order valence-corrected chi connectivity index (χ4v) is 5.26. The van der Waals surface area contributed by atoms with Crippen molar-refractivity contribution in [3.8, 4) is 0 Å². The van der Waals surface area contributed by atoms with Gasteiger partial charge in [0.2, 0.25) is 0 Å². The average molecular weight is 510 g/mol. The van der Waals surface area contributed by atoms with Gasteiger partial charge in [-0.2, -0.15) is 0 Å². The molecule has 2 aliphatic heterocycles. The molecule has 7 nitrogen and oxygen atoms in total. The van der Waals surface area contributed by atoms with Crippen LogP contribution in [0.3, 0.4) is 0 Å². The quantitative estimate of drug-likeness (QED) is 0.564. The maximum absolute atomic E-state index is 11.9. The molecule has 37 heavy (non-hydrogen) atoms. The lowest BCUT2D eigenvalue weighted by Gasteiger charge is -2.37. The van der Waals surface area contributed by atoms with Crippen molar-refractivity contribution in [2.75, 3.05) is 26.2 Å². The summed E-state index contributed by atoms with van der Waals surface area (Å²) in [5.41, 5.74) is 14.1. The number of carbonyl (C=O) groups is 1. The van der Waals surface area contributed by atoms with Gasteiger partial charge in [0.15, 0.2) is 0 Å². The summed E-state index contributed by atoms with van der Waals surface area (Å²) in [6, 6.07) is 21.6. The largest absolute Gasteiger partial charge is 0.444 e. The van der Waals surface area contributed by atoms with Gasteiger partial charge in [-0.05, 0) is 50.7 Å². The van der Waals surface area contributed by atoms with Crippen molar-refractivity contribution < 1.29 is 9.53 Å². The number of alkyl carbamates (subject to hydrolysis) is 1. The van der Waals surface area contributed by atoms with E-state index in [4.69, 9.17) is 16.2 Å². The van der Waals surface area contributed by atoms with Gasteiger partial charge in [-0.3, -0.25) is 9.80 Å². The topological polar surface area (TPSA) is 96.8 Å². The minimum atomic E-state index is -0.450. The van der Waals surface area contributed by atoms with Crippen LogP contribution in [0.15, 0.2) is 60.7 Å². The number of hydrogen-bond donors (Lipinski definition) is 3. The number of benzene rings is 2. The lowest BCUT2D eigenvalue weighted by Crippen LogP contribution is -2.51. The molecule has 1 amide bonds. The zero-order chi connectivity index (χ0) is 26.8. The summed E-state index contributed by atoms with van der Waals surface area (Å²) in [4.78, 5) is 16.7. The van der Waals surface area contributed by atoms with E-state index in [0.717, 1.165) is 52.1 Å². The molecule has 2 aromatic rings. The Hall–Kier alpha value is -2.45. The first kappa shape index (κ1) is 29.1. The lowest BCUT2D eigenvalue weighted by atomic mass is 9.95. The lowest BCUT2D eigenvalue weighted by molar-refractivity contribution is 0.0450. The third-order valence-corrected chi connectivity index (χ3v) is 6.55. The van der Waals surface area contributed by atoms with E-state index >= 15 is 0 Å². The zero-order valence-electron chi connectivity index (χ0n) is 23.1. The molecule has 2 fully saturated rings. The molecular weight excluding hydrogens is 462 g/mol. The number of piperidine rings is 2. The van der Waals surface area contributed by atoms with Gasteiger partial charge in [0.1, 0.15) is 5.60 Å². The highest BCUT2D eigenvalue weighted by atomic mass is 16.6. The van der Waals surface area contributed by atoms with Crippen molar-refractivity contribution in [1.82, 2.24) is 15.1 Å². The van der Waals surface area contributed by atoms with E-state index in [1.54, 1.807) is 0 Å². The van der Waals surface area contributed by atoms with Crippen LogP contribution in [0.2, 0.25) is 0 Å². The Morgan fingerprint density at radius 1 is 0.838 bits per heavy atom. The molecule has 2 saturated heterocycles. The Balaban J connectivity index is 0.000000220. The Labute approximate surface area is 223 Å². The molecule has 0 spiro atoms. The third-order valence-electron chi connectivity index (χ3n) is 6.55. The maximum atomic E-state index is 11.9. The van der Waals surface area contributed by atoms with E-state index in [0.29, 0.717) is 5.92 Å². The van der Waals surface area contributed by atoms with Crippen LogP contribution in [0.4, 0.5) is 4.79 Å². The van der Waals surface area contributed by atoms with E-state index in [1.165, 1.54) is 11.1 Å². The van der Waals surface area contributed by atoms with Crippen molar-refractivity contribution in [1.29, 1.82) is 0 Å². The van der Waals surface area contributed by atoms with Crippen molar-refractivity contribution in [2.45, 2.75) is 77.4 Å². The molecule has 204 valence electrons. The molecule has 0 bridgehead atoms. The van der Waals surface area contributed by atoms with Crippen LogP contribution < -0.4 is 16.8 Å². The Kier molecular flexibility index (Phi) is 10.9. The number of carbonyl (C=O) groups excluding carboxylic acids is 1. The number of nitrogens with zero attached hydrogens (tertiary/aromatic N) is 2. The van der Waals surface area contributed by atoms with Gasteiger partial charge in [0.05, 0.1) is 0 Å². The highest BCUT2D eigenvalue weighted by Crippen LogP contribution is 2.19. The molecule has 2 aliphatic rings. The zero-order valence-corrected chi connectivity index (χ0v) is 23.1. The summed E-state index contributed by atoms with van der Waals surface area (Å²) < 4.78 is 5.36. The molecule has 0 aliphatic carbocycles. The number of nitrogens with two attached hydrogens (primary N) is 2.